The Kier molecular flexibility index (Phi) is 38.8. The molecule has 0 aliphatic heterocycles. The Hall–Kier alpha value is -0.420. The van der Waals surface area contributed by atoms with E-state index in [1.165, 1.54) is 109 Å². The monoisotopic (exact) mass is 1100 g/mol. The van der Waals surface area contributed by atoms with Crippen LogP contribution in [0.4, 0.5) is 26.3 Å². The van der Waals surface area contributed by atoms with E-state index >= 15 is 0 Å². The molecule has 0 bridgehead atoms. The Bertz CT molecular complexity index is 1460. The summed E-state index contributed by atoms with van der Waals surface area (Å²) >= 11 is 0. The number of hydrogen-bond acceptors (Lipinski definition) is 0. The van der Waals surface area contributed by atoms with Gasteiger partial charge in [0.15, 0.2) is 0 Å². The fourth-order valence-corrected chi connectivity index (χ4v) is 9.54. The van der Waals surface area contributed by atoms with Gasteiger partial charge in [-0.05, 0) is 139 Å². The highest BCUT2D eigenvalue weighted by atomic mass is 19.4. The quantitative estimate of drug-likeness (QED) is 0.241. The van der Waals surface area contributed by atoms with Crippen molar-refractivity contribution in [1.29, 1.82) is 0 Å². The van der Waals surface area contributed by atoms with Crippen molar-refractivity contribution in [2.75, 3.05) is 0 Å². The van der Waals surface area contributed by atoms with Crippen LogP contribution < -0.4 is 0 Å². The van der Waals surface area contributed by atoms with Crippen LogP contribution in [0, 0.1) is 74.3 Å². The Morgan fingerprint density at radius 1 is 0.461 bits per heavy atom. The van der Waals surface area contributed by atoms with Crippen LogP contribution in [0.1, 0.15) is 375 Å². The maximum atomic E-state index is 11.5. The van der Waals surface area contributed by atoms with E-state index in [2.05, 4.69) is 55.4 Å². The summed E-state index contributed by atoms with van der Waals surface area (Å²) in [5.41, 5.74) is 2.57. The molecule has 6 aliphatic rings. The van der Waals surface area contributed by atoms with Gasteiger partial charge in [0.1, 0.15) is 0 Å². The van der Waals surface area contributed by atoms with Gasteiger partial charge in [-0.15, -0.1) is 0 Å². The van der Waals surface area contributed by atoms with Crippen molar-refractivity contribution in [3.8, 4) is 0 Å². The zero-order valence-electron chi connectivity index (χ0n) is 62.7. The van der Waals surface area contributed by atoms with Crippen LogP contribution >= 0.6 is 0 Å². The van der Waals surface area contributed by atoms with Crippen LogP contribution in [0.5, 0.6) is 0 Å². The van der Waals surface area contributed by atoms with Crippen LogP contribution in [0.15, 0.2) is 0 Å². The molecule has 0 aromatic rings. The van der Waals surface area contributed by atoms with E-state index in [4.69, 9.17) is 9.60 Å². The third-order valence-corrected chi connectivity index (χ3v) is 16.0. The standard InChI is InChI=1S/C14H26.C11H20.C7H14.2C6H11F3.C6H12.C6H14.2C5H12.C4H10/c1-12-4-6-14(7-5-12)10-8-13(2,3)9-11-14;1-10-4-8-11(9-5-10)6-2-3-7-11;1-7-5-3-2-4-6-7;2*1-3-5(2)4-6(7,8)9;1-6-4-2-3-5-6;1-5-6(2,3)4;1-5(2,3)4;1-4-5(2)3;1-4(2)3/h12H,4-11H2,1-3H3;10H,2-9H2,1H3;7H,2-6H2,1H3;2*5H,3-4H2,1-2H3;6H,2-5H2,1H3;5H2,1-4H3;1-4H3;5H,4H2,1-3H3;4H,1-3H3/i;;7D;;;6D;5D2;;4D2;4D. The van der Waals surface area contributed by atoms with E-state index < -0.39 is 37.9 Å². The summed E-state index contributed by atoms with van der Waals surface area (Å²) in [7, 11) is 0. The summed E-state index contributed by atoms with van der Waals surface area (Å²) < 4.78 is 120. The van der Waals surface area contributed by atoms with Gasteiger partial charge in [0, 0.05) is 22.4 Å². The molecular formula is C70H142F6. The number of halogens is 6. The lowest BCUT2D eigenvalue weighted by Crippen LogP contribution is -2.34. The first-order chi connectivity index (χ1) is 36.8. The van der Waals surface area contributed by atoms with Gasteiger partial charge < -0.3 is 0 Å². The molecule has 0 amide bonds. The molecule has 0 saturated heterocycles. The SMILES string of the molecule is CC(C)(C)C.CC1CCC2(CC1)CCC(C)(C)CC2.CC1CCC2(CCCC2)CC1.CCC(C)CC(F)(F)F.CCC(C)CC(F)(F)F.[2H]C(C)(C)C.[2H]C([2H])(C)C(C)(C)C.[2H]C([2H])(C)C(C)C.[2H]C1(C)CCCC1.[2H]C1(C)CCCCC1. The van der Waals surface area contributed by atoms with Crippen LogP contribution in [-0.4, -0.2) is 12.4 Å². The second-order valence-corrected chi connectivity index (χ2v) is 29.5. The van der Waals surface area contributed by atoms with Crippen molar-refractivity contribution < 1.29 is 35.9 Å². The molecule has 0 N–H and O–H groups in total. The highest BCUT2D eigenvalue weighted by molar-refractivity contribution is 4.92. The first-order valence-corrected chi connectivity index (χ1v) is 31.5. The zero-order valence-corrected chi connectivity index (χ0v) is 55.7. The molecule has 2 spiro atoms. The van der Waals surface area contributed by atoms with E-state index in [1.807, 2.05) is 69.2 Å². The fourth-order valence-electron chi connectivity index (χ4n) is 9.54. The lowest BCUT2D eigenvalue weighted by atomic mass is 9.59. The molecule has 76 heavy (non-hydrogen) atoms. The van der Waals surface area contributed by atoms with Crippen molar-refractivity contribution >= 4 is 0 Å². The first kappa shape index (κ1) is 68.1. The molecular weight excluding hydrogens is 955 g/mol. The highest BCUT2D eigenvalue weighted by Gasteiger charge is 2.40. The molecule has 6 saturated carbocycles. The Morgan fingerprint density at radius 2 is 0.711 bits per heavy atom. The van der Waals surface area contributed by atoms with E-state index in [0.29, 0.717) is 23.7 Å². The highest BCUT2D eigenvalue weighted by Crippen LogP contribution is 2.53. The van der Waals surface area contributed by atoms with E-state index in [9.17, 15) is 26.3 Å². The molecule has 464 valence electrons. The lowest BCUT2D eigenvalue weighted by molar-refractivity contribution is -0.144. The molecule has 0 aromatic heterocycles. The summed E-state index contributed by atoms with van der Waals surface area (Å²) in [6, 6.07) is 0. The molecule has 2 atom stereocenters. The van der Waals surface area contributed by atoms with Gasteiger partial charge in [-0.25, -0.2) is 0 Å². The molecule has 0 aromatic carbocycles. The minimum Gasteiger partial charge on any atom is -0.171 e. The number of rotatable bonds is 5. The molecule has 0 nitrogen and oxygen atoms in total. The lowest BCUT2D eigenvalue weighted by Gasteiger charge is -2.47. The van der Waals surface area contributed by atoms with Gasteiger partial charge in [-0.1, -0.05) is 288 Å². The first-order valence-electron chi connectivity index (χ1n) is 35.0. The predicted molar refractivity (Wildman–Crippen MR) is 331 cm³/mol. The fraction of sp³-hybridized carbons (Fsp3) is 1.00. The summed E-state index contributed by atoms with van der Waals surface area (Å²) in [6.45, 7) is 47.5. The minimum absolute atomic E-state index is 0.0556. The largest absolute Gasteiger partial charge is 0.389 e. The molecule has 6 fully saturated rings. The van der Waals surface area contributed by atoms with Gasteiger partial charge >= 0.3 is 12.4 Å². The van der Waals surface area contributed by atoms with Crippen molar-refractivity contribution in [2.24, 2.45) is 74.3 Å². The van der Waals surface area contributed by atoms with Gasteiger partial charge in [0.2, 0.25) is 0 Å². The van der Waals surface area contributed by atoms with Crippen LogP contribution in [0.25, 0.3) is 0 Å². The zero-order chi connectivity index (χ0) is 66.4. The molecule has 0 radical (unpaired) electrons. The maximum Gasteiger partial charge on any atom is 0.389 e. The second-order valence-electron chi connectivity index (χ2n) is 29.5. The van der Waals surface area contributed by atoms with Crippen LogP contribution in [-0.2, 0) is 0 Å². The smallest absolute Gasteiger partial charge is 0.171 e. The van der Waals surface area contributed by atoms with Crippen molar-refractivity contribution in [1.82, 2.24) is 0 Å². The summed E-state index contributed by atoms with van der Waals surface area (Å²) in [6.07, 6.45) is 25.2. The summed E-state index contributed by atoms with van der Waals surface area (Å²) in [4.78, 5) is 0. The molecule has 6 rings (SSSR count). The average molecular weight is 1100 g/mol. The predicted octanol–water partition coefficient (Wildman–Crippen LogP) is 27.5. The van der Waals surface area contributed by atoms with Gasteiger partial charge in [0.05, 0.1) is 0 Å². The average Bonchev–Trinajstić information content (AvgIpc) is 3.93. The number of alkyl halides is 6. The van der Waals surface area contributed by atoms with Crippen LogP contribution in [0.2, 0.25) is 0 Å². The van der Waals surface area contributed by atoms with E-state index in [1.54, 1.807) is 67.2 Å². The van der Waals surface area contributed by atoms with Crippen LogP contribution in [0.3, 0.4) is 0 Å². The summed E-state index contributed by atoms with van der Waals surface area (Å²) in [5, 5.41) is 0. The molecule has 6 aliphatic carbocycles. The third-order valence-electron chi connectivity index (χ3n) is 16.0. The van der Waals surface area contributed by atoms with Gasteiger partial charge in [-0.3, -0.25) is 0 Å². The third kappa shape index (κ3) is 59.7. The summed E-state index contributed by atoms with van der Waals surface area (Å²) in [5.74, 6) is 1.33. The van der Waals surface area contributed by atoms with Crippen molar-refractivity contribution in [3.05, 3.63) is 0 Å². The molecule has 6 heteroatoms. The Balaban J connectivity index is -0.000000424. The number of hydrogen-bond donors (Lipinski definition) is 0. The van der Waals surface area contributed by atoms with Gasteiger partial charge in [0.25, 0.3) is 0 Å². The topological polar surface area (TPSA) is 0 Å². The molecule has 2 unspecified atom stereocenters. The van der Waals surface area contributed by atoms with E-state index in [-0.39, 0.29) is 40.9 Å². The van der Waals surface area contributed by atoms with Crippen molar-refractivity contribution in [3.63, 3.8) is 0 Å². The Labute approximate surface area is 486 Å². The normalized spacial score (nSPS) is 24.0. The van der Waals surface area contributed by atoms with Crippen molar-refractivity contribution in [2.45, 2.75) is 377 Å². The maximum absolute atomic E-state index is 11.5. The second kappa shape index (κ2) is 43.3. The molecule has 0 heterocycles. The van der Waals surface area contributed by atoms with Gasteiger partial charge in [-0.2, -0.15) is 26.3 Å². The minimum atomic E-state index is -3.98. The van der Waals surface area contributed by atoms with E-state index in [0.717, 1.165) is 48.3 Å². The Morgan fingerprint density at radius 3 is 0.895 bits per heavy atom.